The van der Waals surface area contributed by atoms with Crippen LogP contribution in [0.2, 0.25) is 0 Å². The summed E-state index contributed by atoms with van der Waals surface area (Å²) in [5.41, 5.74) is 0.0644. The Hall–Kier alpha value is -2.37. The number of aromatic nitrogens is 1. The van der Waals surface area contributed by atoms with E-state index >= 15 is 0 Å². The Labute approximate surface area is 141 Å². The van der Waals surface area contributed by atoms with Gasteiger partial charge in [-0.1, -0.05) is 12.5 Å². The van der Waals surface area contributed by atoms with Crippen LogP contribution < -0.4 is 5.32 Å². The lowest BCUT2D eigenvalue weighted by Crippen LogP contribution is -2.40. The Kier molecular flexibility index (Phi) is 5.59. The Bertz CT molecular complexity index is 634. The van der Waals surface area contributed by atoms with E-state index in [2.05, 4.69) is 10.3 Å². The lowest BCUT2D eigenvalue weighted by molar-refractivity contribution is 0.0497. The zero-order valence-electron chi connectivity index (χ0n) is 14.3. The van der Waals surface area contributed by atoms with Crippen molar-refractivity contribution in [2.24, 2.45) is 5.92 Å². The first-order valence-electron chi connectivity index (χ1n) is 8.12. The number of amides is 1. The molecule has 1 aromatic rings. The molecular formula is C18H24N2O4. The zero-order valence-corrected chi connectivity index (χ0v) is 14.3. The van der Waals surface area contributed by atoms with Gasteiger partial charge in [0.1, 0.15) is 5.60 Å². The minimum atomic E-state index is -1.00. The molecule has 0 unspecified atom stereocenters. The van der Waals surface area contributed by atoms with Crippen molar-refractivity contribution in [3.8, 4) is 0 Å². The van der Waals surface area contributed by atoms with E-state index in [1.165, 1.54) is 6.07 Å². The van der Waals surface area contributed by atoms with Crippen LogP contribution in [0.15, 0.2) is 24.4 Å². The molecule has 0 spiro atoms. The predicted octanol–water partition coefficient (Wildman–Crippen LogP) is 3.49. The molecule has 0 aliphatic heterocycles. The highest BCUT2D eigenvalue weighted by Gasteiger charge is 2.28. The van der Waals surface area contributed by atoms with Crippen LogP contribution in [0.25, 0.3) is 6.08 Å². The van der Waals surface area contributed by atoms with Gasteiger partial charge in [-0.05, 0) is 57.7 Å². The molecule has 1 heterocycles. The third-order valence-electron chi connectivity index (χ3n) is 3.84. The molecule has 2 rings (SSSR count). The molecule has 1 aliphatic carbocycles. The van der Waals surface area contributed by atoms with Gasteiger partial charge in [-0.15, -0.1) is 0 Å². The van der Waals surface area contributed by atoms with Gasteiger partial charge in [-0.25, -0.2) is 9.59 Å². The van der Waals surface area contributed by atoms with Crippen molar-refractivity contribution >= 4 is 18.1 Å². The number of carbonyl (C=O) groups is 2. The van der Waals surface area contributed by atoms with Crippen molar-refractivity contribution in [2.75, 3.05) is 0 Å². The van der Waals surface area contributed by atoms with Crippen molar-refractivity contribution in [2.45, 2.75) is 51.7 Å². The van der Waals surface area contributed by atoms with E-state index in [1.807, 2.05) is 26.8 Å². The molecule has 1 fully saturated rings. The second kappa shape index (κ2) is 7.47. The van der Waals surface area contributed by atoms with Gasteiger partial charge < -0.3 is 15.2 Å². The molecule has 130 valence electrons. The number of aromatic carboxylic acids is 1. The molecule has 1 aromatic heterocycles. The van der Waals surface area contributed by atoms with Gasteiger partial charge in [0.25, 0.3) is 0 Å². The summed E-state index contributed by atoms with van der Waals surface area (Å²) in [6, 6.07) is 3.12. The van der Waals surface area contributed by atoms with E-state index in [0.29, 0.717) is 5.69 Å². The van der Waals surface area contributed by atoms with Gasteiger partial charge in [0.05, 0.1) is 11.3 Å². The molecule has 0 saturated heterocycles. The average Bonchev–Trinajstić information content (AvgIpc) is 2.90. The highest BCUT2D eigenvalue weighted by Crippen LogP contribution is 2.28. The summed E-state index contributed by atoms with van der Waals surface area (Å²) in [5, 5.41) is 12.1. The molecule has 6 heteroatoms. The van der Waals surface area contributed by atoms with Crippen LogP contribution >= 0.6 is 0 Å². The third kappa shape index (κ3) is 5.08. The Balaban J connectivity index is 2.04. The van der Waals surface area contributed by atoms with Crippen LogP contribution in [0.4, 0.5) is 4.79 Å². The number of hydrogen-bond donors (Lipinski definition) is 2. The molecule has 2 atom stereocenters. The van der Waals surface area contributed by atoms with E-state index in [9.17, 15) is 14.7 Å². The van der Waals surface area contributed by atoms with Crippen molar-refractivity contribution in [3.05, 3.63) is 35.7 Å². The fourth-order valence-electron chi connectivity index (χ4n) is 2.80. The molecule has 0 aromatic carbocycles. The van der Waals surface area contributed by atoms with E-state index in [-0.39, 0.29) is 17.5 Å². The highest BCUT2D eigenvalue weighted by atomic mass is 16.6. The number of alkyl carbamates (subject to hydrolysis) is 1. The fourth-order valence-corrected chi connectivity index (χ4v) is 2.80. The largest absolute Gasteiger partial charge is 0.478 e. The van der Waals surface area contributed by atoms with Crippen LogP contribution in [-0.4, -0.2) is 33.8 Å². The minimum absolute atomic E-state index is 0.00640. The summed E-state index contributed by atoms with van der Waals surface area (Å²) in [6.45, 7) is 5.48. The number of hydrogen-bond acceptors (Lipinski definition) is 4. The first kappa shape index (κ1) is 18.0. The molecule has 1 amide bonds. The van der Waals surface area contributed by atoms with Crippen molar-refractivity contribution in [3.63, 3.8) is 0 Å². The fraction of sp³-hybridized carbons (Fsp3) is 0.500. The number of carboxylic acids is 1. The molecule has 24 heavy (non-hydrogen) atoms. The summed E-state index contributed by atoms with van der Waals surface area (Å²) >= 11 is 0. The Morgan fingerprint density at radius 1 is 1.38 bits per heavy atom. The van der Waals surface area contributed by atoms with Crippen molar-refractivity contribution < 1.29 is 19.4 Å². The maximum Gasteiger partial charge on any atom is 0.407 e. The summed E-state index contributed by atoms with van der Waals surface area (Å²) < 4.78 is 5.30. The lowest BCUT2D eigenvalue weighted by atomic mass is 10.0. The summed E-state index contributed by atoms with van der Waals surface area (Å²) in [7, 11) is 0. The van der Waals surface area contributed by atoms with Gasteiger partial charge in [-0.3, -0.25) is 4.98 Å². The maximum atomic E-state index is 11.9. The number of carboxylic acid groups (broad SMARTS) is 1. The van der Waals surface area contributed by atoms with Gasteiger partial charge >= 0.3 is 12.1 Å². The average molecular weight is 332 g/mol. The maximum absolute atomic E-state index is 11.9. The van der Waals surface area contributed by atoms with Crippen LogP contribution in [0.3, 0.4) is 0 Å². The number of ether oxygens (including phenoxy) is 1. The molecule has 0 bridgehead atoms. The molecule has 1 saturated carbocycles. The molecule has 6 nitrogen and oxygen atoms in total. The lowest BCUT2D eigenvalue weighted by Gasteiger charge is -2.23. The number of nitrogens with one attached hydrogen (secondary N) is 1. The number of pyridine rings is 1. The van der Waals surface area contributed by atoms with E-state index in [1.54, 1.807) is 18.3 Å². The second-order valence-electron chi connectivity index (χ2n) is 6.95. The van der Waals surface area contributed by atoms with E-state index in [0.717, 1.165) is 19.3 Å². The second-order valence-corrected chi connectivity index (χ2v) is 6.95. The number of carbonyl (C=O) groups excluding carboxylic acids is 1. The van der Waals surface area contributed by atoms with Crippen LogP contribution in [0, 0.1) is 5.92 Å². The standard InChI is InChI=1S/C18H24N2O4/c1-18(2,3)24-17(23)20-14-8-4-6-12(14)9-10-15-13(16(21)22)7-5-11-19-15/h5,7,9-12,14H,4,6,8H2,1-3H3,(H,20,23)(H,21,22)/b10-9+/t12-,14-/m0/s1. The van der Waals surface area contributed by atoms with Crippen molar-refractivity contribution in [1.29, 1.82) is 0 Å². The van der Waals surface area contributed by atoms with Gasteiger partial charge in [-0.2, -0.15) is 0 Å². The predicted molar refractivity (Wildman–Crippen MR) is 90.7 cm³/mol. The normalized spacial score (nSPS) is 21.0. The first-order valence-corrected chi connectivity index (χ1v) is 8.12. The zero-order chi connectivity index (χ0) is 17.7. The summed E-state index contributed by atoms with van der Waals surface area (Å²) in [5.74, 6) is -0.862. The van der Waals surface area contributed by atoms with Gasteiger partial charge in [0.15, 0.2) is 0 Å². The smallest absolute Gasteiger partial charge is 0.407 e. The monoisotopic (exact) mass is 332 g/mol. The van der Waals surface area contributed by atoms with Gasteiger partial charge in [0, 0.05) is 12.2 Å². The van der Waals surface area contributed by atoms with Crippen LogP contribution in [0.1, 0.15) is 56.1 Å². The summed E-state index contributed by atoms with van der Waals surface area (Å²) in [4.78, 5) is 27.3. The van der Waals surface area contributed by atoms with E-state index in [4.69, 9.17) is 4.74 Å². The van der Waals surface area contributed by atoms with Crippen LogP contribution in [0.5, 0.6) is 0 Å². The van der Waals surface area contributed by atoms with E-state index < -0.39 is 17.7 Å². The van der Waals surface area contributed by atoms with Crippen molar-refractivity contribution in [1.82, 2.24) is 10.3 Å². The molecule has 2 N–H and O–H groups in total. The Morgan fingerprint density at radius 3 is 2.79 bits per heavy atom. The third-order valence-corrected chi connectivity index (χ3v) is 3.84. The highest BCUT2D eigenvalue weighted by molar-refractivity contribution is 5.91. The quantitative estimate of drug-likeness (QED) is 0.881. The summed E-state index contributed by atoms with van der Waals surface area (Å²) in [6.07, 6.45) is 7.62. The molecule has 1 aliphatic rings. The van der Waals surface area contributed by atoms with Gasteiger partial charge in [0.2, 0.25) is 0 Å². The Morgan fingerprint density at radius 2 is 2.12 bits per heavy atom. The SMILES string of the molecule is CC(C)(C)OC(=O)N[C@H]1CCC[C@H]1/C=C/c1ncccc1C(=O)O. The molecule has 0 radical (unpaired) electrons. The number of rotatable bonds is 4. The minimum Gasteiger partial charge on any atom is -0.478 e. The van der Waals surface area contributed by atoms with Crippen LogP contribution in [-0.2, 0) is 4.74 Å². The number of nitrogens with zero attached hydrogens (tertiary/aromatic N) is 1. The molecular weight excluding hydrogens is 308 g/mol. The first-order chi connectivity index (χ1) is 11.3. The topological polar surface area (TPSA) is 88.5 Å².